The van der Waals surface area contributed by atoms with Crippen LogP contribution < -0.4 is 5.32 Å². The van der Waals surface area contributed by atoms with E-state index in [4.69, 9.17) is 21.1 Å². The van der Waals surface area contributed by atoms with Crippen LogP contribution in [0.3, 0.4) is 0 Å². The van der Waals surface area contributed by atoms with Gasteiger partial charge in [0.15, 0.2) is 0 Å². The Hall–Kier alpha value is -1.30. The number of amides is 2. The third-order valence-corrected chi connectivity index (χ3v) is 4.40. The van der Waals surface area contributed by atoms with Crippen molar-refractivity contribution in [1.82, 2.24) is 10.2 Å². The van der Waals surface area contributed by atoms with Crippen molar-refractivity contribution >= 4 is 17.6 Å². The monoisotopic (exact) mass is 324 g/mol. The van der Waals surface area contributed by atoms with Crippen LogP contribution in [0.15, 0.2) is 24.3 Å². The van der Waals surface area contributed by atoms with Crippen molar-refractivity contribution < 1.29 is 14.3 Å². The maximum absolute atomic E-state index is 12.4. The minimum absolute atomic E-state index is 0.00540. The third kappa shape index (κ3) is 3.91. The molecule has 0 spiro atoms. The van der Waals surface area contributed by atoms with Gasteiger partial charge in [0.25, 0.3) is 0 Å². The Balaban J connectivity index is 1.57. The molecule has 2 heterocycles. The van der Waals surface area contributed by atoms with Gasteiger partial charge in [0.2, 0.25) is 0 Å². The molecule has 2 aliphatic rings. The number of nitrogens with zero attached hydrogens (tertiary/aromatic N) is 1. The van der Waals surface area contributed by atoms with Crippen molar-refractivity contribution in [3.05, 3.63) is 34.9 Å². The molecule has 2 saturated heterocycles. The summed E-state index contributed by atoms with van der Waals surface area (Å²) in [4.78, 5) is 14.2. The summed E-state index contributed by atoms with van der Waals surface area (Å²) in [6.07, 6.45) is 1.68. The molecule has 2 fully saturated rings. The van der Waals surface area contributed by atoms with Crippen molar-refractivity contribution in [2.75, 3.05) is 32.9 Å². The fourth-order valence-electron chi connectivity index (χ4n) is 2.82. The van der Waals surface area contributed by atoms with Crippen LogP contribution in [-0.2, 0) is 9.47 Å². The van der Waals surface area contributed by atoms with E-state index in [0.717, 1.165) is 31.6 Å². The highest BCUT2D eigenvalue weighted by molar-refractivity contribution is 6.30. The van der Waals surface area contributed by atoms with E-state index >= 15 is 0 Å². The van der Waals surface area contributed by atoms with E-state index in [2.05, 4.69) is 5.32 Å². The van der Waals surface area contributed by atoms with E-state index in [-0.39, 0.29) is 18.2 Å². The zero-order valence-corrected chi connectivity index (χ0v) is 13.2. The second-order valence-corrected chi connectivity index (χ2v) is 6.13. The first-order valence-electron chi connectivity index (χ1n) is 7.72. The molecule has 1 unspecified atom stereocenters. The number of rotatable bonds is 2. The lowest BCUT2D eigenvalue weighted by atomic mass is 10.1. The number of ether oxygens (including phenoxy) is 2. The van der Waals surface area contributed by atoms with Gasteiger partial charge in [-0.3, -0.25) is 0 Å². The maximum atomic E-state index is 12.4. The summed E-state index contributed by atoms with van der Waals surface area (Å²) in [5.41, 5.74) is 1.05. The zero-order chi connectivity index (χ0) is 15.4. The molecule has 1 aromatic rings. The van der Waals surface area contributed by atoms with Gasteiger partial charge >= 0.3 is 6.03 Å². The number of nitrogens with one attached hydrogen (secondary N) is 1. The summed E-state index contributed by atoms with van der Waals surface area (Å²) < 4.78 is 11.1. The number of carbonyl (C=O) groups excluding carboxylic acids is 1. The normalized spacial score (nSPS) is 23.3. The van der Waals surface area contributed by atoms with Crippen LogP contribution in [0.1, 0.15) is 24.5 Å². The topological polar surface area (TPSA) is 50.8 Å². The van der Waals surface area contributed by atoms with Crippen LogP contribution in [0, 0.1) is 0 Å². The molecule has 0 aromatic heterocycles. The van der Waals surface area contributed by atoms with Crippen LogP contribution in [-0.4, -0.2) is 49.9 Å². The Morgan fingerprint density at radius 2 is 1.91 bits per heavy atom. The largest absolute Gasteiger partial charge is 0.381 e. The summed E-state index contributed by atoms with van der Waals surface area (Å²) in [5.74, 6) is 0. The molecule has 1 aromatic carbocycles. The predicted octanol–water partition coefficient (Wildman–Crippen LogP) is 2.60. The number of carbonyl (C=O) groups is 1. The minimum Gasteiger partial charge on any atom is -0.381 e. The van der Waals surface area contributed by atoms with Crippen LogP contribution in [0.2, 0.25) is 5.02 Å². The Kier molecular flexibility index (Phi) is 5.18. The van der Waals surface area contributed by atoms with Gasteiger partial charge in [0.1, 0.15) is 6.10 Å². The highest BCUT2D eigenvalue weighted by Gasteiger charge is 2.27. The first-order chi connectivity index (χ1) is 10.7. The Labute approximate surface area is 135 Å². The molecule has 0 bridgehead atoms. The fraction of sp³-hybridized carbons (Fsp3) is 0.562. The van der Waals surface area contributed by atoms with Gasteiger partial charge in [-0.25, -0.2) is 4.79 Å². The summed E-state index contributed by atoms with van der Waals surface area (Å²) in [5, 5.41) is 3.80. The first-order valence-corrected chi connectivity index (χ1v) is 8.10. The third-order valence-electron chi connectivity index (χ3n) is 4.14. The lowest BCUT2D eigenvalue weighted by Crippen LogP contribution is -2.50. The van der Waals surface area contributed by atoms with Gasteiger partial charge in [0.05, 0.1) is 13.2 Å². The smallest absolute Gasteiger partial charge is 0.317 e. The average Bonchev–Trinajstić information content (AvgIpc) is 2.56. The van der Waals surface area contributed by atoms with Crippen LogP contribution >= 0.6 is 11.6 Å². The van der Waals surface area contributed by atoms with Gasteiger partial charge in [-0.1, -0.05) is 23.7 Å². The number of hydrogen-bond acceptors (Lipinski definition) is 3. The molecule has 2 amide bonds. The van der Waals surface area contributed by atoms with Crippen molar-refractivity contribution in [2.24, 2.45) is 0 Å². The van der Waals surface area contributed by atoms with E-state index < -0.39 is 0 Å². The molecule has 120 valence electrons. The lowest BCUT2D eigenvalue weighted by molar-refractivity contribution is -0.0165. The van der Waals surface area contributed by atoms with Crippen molar-refractivity contribution in [3.8, 4) is 0 Å². The molecule has 22 heavy (non-hydrogen) atoms. The Morgan fingerprint density at radius 1 is 1.18 bits per heavy atom. The molecular formula is C16H21ClN2O3. The first kappa shape index (κ1) is 15.6. The highest BCUT2D eigenvalue weighted by atomic mass is 35.5. The molecule has 1 atom stereocenters. The molecule has 1 N–H and O–H groups in total. The summed E-state index contributed by atoms with van der Waals surface area (Å²) >= 11 is 5.91. The average molecular weight is 325 g/mol. The number of hydrogen-bond donors (Lipinski definition) is 1. The Bertz CT molecular complexity index is 503. The molecule has 0 radical (unpaired) electrons. The molecule has 0 saturated carbocycles. The van der Waals surface area contributed by atoms with Crippen LogP contribution in [0.5, 0.6) is 0 Å². The SMILES string of the molecule is O=C(NC1CCOCC1)N1CCOC(c2ccc(Cl)cc2)C1. The van der Waals surface area contributed by atoms with Gasteiger partial charge in [-0.2, -0.15) is 0 Å². The van der Waals surface area contributed by atoms with Crippen molar-refractivity contribution in [2.45, 2.75) is 25.0 Å². The summed E-state index contributed by atoms with van der Waals surface area (Å²) in [6.45, 7) is 3.19. The number of urea groups is 1. The van der Waals surface area contributed by atoms with Gasteiger partial charge in [0, 0.05) is 30.8 Å². The maximum Gasteiger partial charge on any atom is 0.317 e. The van der Waals surface area contributed by atoms with E-state index in [9.17, 15) is 4.79 Å². The van der Waals surface area contributed by atoms with E-state index in [0.29, 0.717) is 24.7 Å². The minimum atomic E-state index is -0.0912. The second-order valence-electron chi connectivity index (χ2n) is 5.69. The Morgan fingerprint density at radius 3 is 2.64 bits per heavy atom. The standard InChI is InChI=1S/C16H21ClN2O3/c17-13-3-1-12(2-4-13)15-11-19(7-10-22-15)16(20)18-14-5-8-21-9-6-14/h1-4,14-15H,5-11H2,(H,18,20). The van der Waals surface area contributed by atoms with Crippen LogP contribution in [0.25, 0.3) is 0 Å². The molecule has 0 aliphatic carbocycles. The van der Waals surface area contributed by atoms with E-state index in [1.54, 1.807) is 0 Å². The highest BCUT2D eigenvalue weighted by Crippen LogP contribution is 2.23. The predicted molar refractivity (Wildman–Crippen MR) is 84.1 cm³/mol. The lowest BCUT2D eigenvalue weighted by Gasteiger charge is -2.34. The summed E-state index contributed by atoms with van der Waals surface area (Å²) in [7, 11) is 0. The molecule has 2 aliphatic heterocycles. The second kappa shape index (κ2) is 7.31. The van der Waals surface area contributed by atoms with Gasteiger partial charge in [-0.05, 0) is 30.5 Å². The zero-order valence-electron chi connectivity index (χ0n) is 12.5. The van der Waals surface area contributed by atoms with E-state index in [1.165, 1.54) is 0 Å². The number of morpholine rings is 1. The summed E-state index contributed by atoms with van der Waals surface area (Å²) in [6, 6.07) is 7.81. The molecule has 5 nitrogen and oxygen atoms in total. The fourth-order valence-corrected chi connectivity index (χ4v) is 2.95. The van der Waals surface area contributed by atoms with Gasteiger partial charge < -0.3 is 19.7 Å². The number of benzene rings is 1. The molecular weight excluding hydrogens is 304 g/mol. The number of halogens is 1. The van der Waals surface area contributed by atoms with Crippen molar-refractivity contribution in [3.63, 3.8) is 0 Å². The van der Waals surface area contributed by atoms with Gasteiger partial charge in [-0.15, -0.1) is 0 Å². The van der Waals surface area contributed by atoms with E-state index in [1.807, 2.05) is 29.2 Å². The molecule has 3 rings (SSSR count). The van der Waals surface area contributed by atoms with Crippen LogP contribution in [0.4, 0.5) is 4.79 Å². The molecule has 6 heteroatoms. The van der Waals surface area contributed by atoms with Crippen molar-refractivity contribution in [1.29, 1.82) is 0 Å². The quantitative estimate of drug-likeness (QED) is 0.909.